The lowest BCUT2D eigenvalue weighted by Crippen LogP contribution is -2.39. The number of ether oxygens (including phenoxy) is 4. The monoisotopic (exact) mass is 406 g/mol. The second kappa shape index (κ2) is 9.98. The van der Waals surface area contributed by atoms with Crippen LogP contribution in [-0.2, 0) is 28.8 Å². The van der Waals surface area contributed by atoms with E-state index in [2.05, 4.69) is 0 Å². The molecule has 27 heavy (non-hydrogen) atoms. The van der Waals surface area contributed by atoms with E-state index in [9.17, 15) is 13.5 Å². The average molecular weight is 407 g/mol. The van der Waals surface area contributed by atoms with Crippen LogP contribution >= 0.6 is 0 Å². The van der Waals surface area contributed by atoms with Gasteiger partial charge < -0.3 is 24.1 Å². The first-order valence-corrected chi connectivity index (χ1v) is 11.8. The number of sulfone groups is 1. The minimum absolute atomic E-state index is 0.0386. The zero-order chi connectivity index (χ0) is 19.3. The summed E-state index contributed by atoms with van der Waals surface area (Å²) in [5.41, 5.74) is 0. The molecular formula is C19H34O7S. The molecule has 158 valence electrons. The van der Waals surface area contributed by atoms with Crippen LogP contribution < -0.4 is 0 Å². The van der Waals surface area contributed by atoms with Crippen LogP contribution in [0.15, 0.2) is 0 Å². The maximum atomic E-state index is 13.0. The van der Waals surface area contributed by atoms with Gasteiger partial charge in [-0.25, -0.2) is 8.42 Å². The summed E-state index contributed by atoms with van der Waals surface area (Å²) in [4.78, 5) is 0. The maximum absolute atomic E-state index is 13.0. The summed E-state index contributed by atoms with van der Waals surface area (Å²) in [5.74, 6) is 0. The van der Waals surface area contributed by atoms with Gasteiger partial charge in [0.25, 0.3) is 0 Å². The lowest BCUT2D eigenvalue weighted by molar-refractivity contribution is -0.0457. The smallest absolute Gasteiger partial charge is 0.156 e. The summed E-state index contributed by atoms with van der Waals surface area (Å²) in [5, 5.41) is 9.19. The van der Waals surface area contributed by atoms with Crippen LogP contribution in [0.25, 0.3) is 0 Å². The summed E-state index contributed by atoms with van der Waals surface area (Å²) in [6.07, 6.45) is 5.72. The molecule has 0 amide bonds. The van der Waals surface area contributed by atoms with Gasteiger partial charge in [-0.3, -0.25) is 0 Å². The van der Waals surface area contributed by atoms with E-state index in [0.29, 0.717) is 32.3 Å². The number of epoxide rings is 1. The van der Waals surface area contributed by atoms with E-state index in [1.165, 1.54) is 0 Å². The van der Waals surface area contributed by atoms with Gasteiger partial charge in [-0.1, -0.05) is 0 Å². The third-order valence-electron chi connectivity index (χ3n) is 5.98. The van der Waals surface area contributed by atoms with Gasteiger partial charge in [-0.2, -0.15) is 0 Å². The molecule has 8 heteroatoms. The molecule has 0 aromatic carbocycles. The fraction of sp³-hybridized carbons (Fsp3) is 1.00. The molecule has 7 nitrogen and oxygen atoms in total. The molecule has 2 atom stereocenters. The molecule has 3 rings (SSSR count). The standard InChI is InChI=1S/C19H34O7S/c1-23-10-14(20)11-24-15-2-6-18(7-3-15)27(21,22)19-8-4-16(5-9-19)25-12-17-13-26-17/h14-20H,2-13H2,1H3. The normalized spacial score (nSPS) is 35.7. The van der Waals surface area contributed by atoms with Gasteiger partial charge in [0.05, 0.1) is 49.1 Å². The van der Waals surface area contributed by atoms with Crippen LogP contribution in [-0.4, -0.2) is 82.0 Å². The molecule has 3 fully saturated rings. The van der Waals surface area contributed by atoms with E-state index in [4.69, 9.17) is 18.9 Å². The van der Waals surface area contributed by atoms with Crippen molar-refractivity contribution in [2.45, 2.75) is 86.3 Å². The van der Waals surface area contributed by atoms with Gasteiger partial charge in [0.1, 0.15) is 12.2 Å². The molecule has 2 unspecified atom stereocenters. The van der Waals surface area contributed by atoms with Crippen molar-refractivity contribution in [2.24, 2.45) is 0 Å². The number of hydrogen-bond donors (Lipinski definition) is 1. The Morgan fingerprint density at radius 1 is 0.926 bits per heavy atom. The number of methoxy groups -OCH3 is 1. The summed E-state index contributed by atoms with van der Waals surface area (Å²) >= 11 is 0. The van der Waals surface area contributed by atoms with E-state index in [0.717, 1.165) is 32.3 Å². The Morgan fingerprint density at radius 3 is 1.93 bits per heavy atom. The summed E-state index contributed by atoms with van der Waals surface area (Å²) in [7, 11) is -1.55. The molecule has 2 aliphatic carbocycles. The van der Waals surface area contributed by atoms with Crippen molar-refractivity contribution in [3.63, 3.8) is 0 Å². The molecule has 0 radical (unpaired) electrons. The van der Waals surface area contributed by atoms with Gasteiger partial charge in [-0.05, 0) is 51.4 Å². The van der Waals surface area contributed by atoms with Crippen molar-refractivity contribution >= 4 is 9.84 Å². The minimum Gasteiger partial charge on any atom is -0.388 e. The summed E-state index contributed by atoms with van der Waals surface area (Å²) in [6.45, 7) is 1.93. The van der Waals surface area contributed by atoms with E-state index in [1.54, 1.807) is 7.11 Å². The van der Waals surface area contributed by atoms with Crippen molar-refractivity contribution in [3.8, 4) is 0 Å². The molecule has 0 bridgehead atoms. The lowest BCUT2D eigenvalue weighted by Gasteiger charge is -2.34. The Balaban J connectivity index is 1.38. The largest absolute Gasteiger partial charge is 0.388 e. The molecule has 1 saturated heterocycles. The fourth-order valence-electron chi connectivity index (χ4n) is 4.22. The van der Waals surface area contributed by atoms with Gasteiger partial charge >= 0.3 is 0 Å². The molecule has 2 saturated carbocycles. The van der Waals surface area contributed by atoms with Crippen molar-refractivity contribution in [2.75, 3.05) is 33.5 Å². The van der Waals surface area contributed by atoms with E-state index in [-0.39, 0.29) is 42.0 Å². The summed E-state index contributed by atoms with van der Waals surface area (Å²) in [6, 6.07) is 0. The molecule has 1 aliphatic heterocycles. The second-order valence-electron chi connectivity index (χ2n) is 8.12. The molecule has 0 aromatic rings. The van der Waals surface area contributed by atoms with Crippen molar-refractivity contribution in [3.05, 3.63) is 0 Å². The zero-order valence-corrected chi connectivity index (χ0v) is 17.1. The molecule has 0 aromatic heterocycles. The highest BCUT2D eigenvalue weighted by molar-refractivity contribution is 7.92. The number of hydrogen-bond acceptors (Lipinski definition) is 7. The fourth-order valence-corrected chi connectivity index (χ4v) is 6.63. The van der Waals surface area contributed by atoms with Crippen LogP contribution in [0.5, 0.6) is 0 Å². The Bertz CT molecular complexity index is 532. The zero-order valence-electron chi connectivity index (χ0n) is 16.3. The van der Waals surface area contributed by atoms with E-state index >= 15 is 0 Å². The number of rotatable bonds is 10. The highest BCUT2D eigenvalue weighted by Crippen LogP contribution is 2.34. The lowest BCUT2D eigenvalue weighted by atomic mass is 9.96. The first-order valence-electron chi connectivity index (χ1n) is 10.2. The first-order chi connectivity index (χ1) is 13.0. The molecule has 1 heterocycles. The number of aliphatic hydroxyl groups excluding tert-OH is 1. The Morgan fingerprint density at radius 2 is 1.44 bits per heavy atom. The van der Waals surface area contributed by atoms with Crippen LogP contribution in [0.1, 0.15) is 51.4 Å². The van der Waals surface area contributed by atoms with Crippen molar-refractivity contribution in [1.82, 2.24) is 0 Å². The van der Waals surface area contributed by atoms with Crippen LogP contribution in [0.4, 0.5) is 0 Å². The van der Waals surface area contributed by atoms with Crippen LogP contribution in [0.2, 0.25) is 0 Å². The Kier molecular flexibility index (Phi) is 7.93. The first kappa shape index (κ1) is 21.5. The van der Waals surface area contributed by atoms with Crippen LogP contribution in [0, 0.1) is 0 Å². The van der Waals surface area contributed by atoms with Gasteiger partial charge in [-0.15, -0.1) is 0 Å². The SMILES string of the molecule is COCC(O)COC1CCC(S(=O)(=O)C2CCC(OCC3CO3)CC2)CC1. The van der Waals surface area contributed by atoms with E-state index in [1.807, 2.05) is 0 Å². The van der Waals surface area contributed by atoms with Crippen molar-refractivity contribution < 1.29 is 32.5 Å². The highest BCUT2D eigenvalue weighted by Gasteiger charge is 2.39. The average Bonchev–Trinajstić information content (AvgIpc) is 3.50. The molecular weight excluding hydrogens is 372 g/mol. The topological polar surface area (TPSA) is 94.6 Å². The molecule has 3 aliphatic rings. The predicted molar refractivity (Wildman–Crippen MR) is 101 cm³/mol. The predicted octanol–water partition coefficient (Wildman–Crippen LogP) is 1.46. The second-order valence-corrected chi connectivity index (χ2v) is 10.6. The molecule has 1 N–H and O–H groups in total. The summed E-state index contributed by atoms with van der Waals surface area (Å²) < 4.78 is 47.6. The van der Waals surface area contributed by atoms with Crippen molar-refractivity contribution in [1.29, 1.82) is 0 Å². The van der Waals surface area contributed by atoms with Gasteiger partial charge in [0, 0.05) is 7.11 Å². The molecule has 0 spiro atoms. The van der Waals surface area contributed by atoms with Crippen LogP contribution in [0.3, 0.4) is 0 Å². The van der Waals surface area contributed by atoms with Gasteiger partial charge in [0.15, 0.2) is 9.84 Å². The Hall–Kier alpha value is -0.250. The Labute approximate surface area is 162 Å². The highest BCUT2D eigenvalue weighted by atomic mass is 32.2. The maximum Gasteiger partial charge on any atom is 0.156 e. The quantitative estimate of drug-likeness (QED) is 0.549. The number of aliphatic hydroxyl groups is 1. The third-order valence-corrected chi connectivity index (χ3v) is 8.78. The van der Waals surface area contributed by atoms with Gasteiger partial charge in [0.2, 0.25) is 0 Å². The van der Waals surface area contributed by atoms with E-state index < -0.39 is 15.9 Å². The third kappa shape index (κ3) is 6.37. The minimum atomic E-state index is -3.10.